The number of allylic oxidation sites excluding steroid dienone is 2. The smallest absolute Gasteiger partial charge is 0.251 e. The third-order valence-electron chi connectivity index (χ3n) is 5.26. The first kappa shape index (κ1) is 22.7. The van der Waals surface area contributed by atoms with Crippen molar-refractivity contribution >= 4 is 30.1 Å². The molecule has 2 aromatic carbocycles. The lowest BCUT2D eigenvalue weighted by atomic mass is 10.0. The fraction of sp³-hybridized carbons (Fsp3) is 0.148. The van der Waals surface area contributed by atoms with Gasteiger partial charge in [0.15, 0.2) is 0 Å². The Morgan fingerprint density at radius 3 is 2.88 bits per heavy atom. The number of ether oxygens (including phenoxy) is 1. The summed E-state index contributed by atoms with van der Waals surface area (Å²) in [6.07, 6.45) is 5.28. The zero-order valence-corrected chi connectivity index (χ0v) is 19.1. The Morgan fingerprint density at radius 1 is 1.15 bits per heavy atom. The number of rotatable bonds is 7. The van der Waals surface area contributed by atoms with Crippen molar-refractivity contribution < 1.29 is 9.53 Å². The molecule has 0 unspecified atom stereocenters. The maximum atomic E-state index is 12.7. The highest BCUT2D eigenvalue weighted by molar-refractivity contribution is 7.99. The van der Waals surface area contributed by atoms with Crippen molar-refractivity contribution in [1.82, 2.24) is 10.3 Å². The van der Waals surface area contributed by atoms with Crippen molar-refractivity contribution in [1.29, 1.82) is 0 Å². The second kappa shape index (κ2) is 10.9. The lowest BCUT2D eigenvalue weighted by Crippen LogP contribution is -2.23. The van der Waals surface area contributed by atoms with Crippen molar-refractivity contribution in [2.75, 3.05) is 12.4 Å². The van der Waals surface area contributed by atoms with Crippen LogP contribution in [0.25, 0.3) is 16.8 Å². The summed E-state index contributed by atoms with van der Waals surface area (Å²) in [5, 5.41) is 2.99. The van der Waals surface area contributed by atoms with E-state index in [1.807, 2.05) is 54.6 Å². The summed E-state index contributed by atoms with van der Waals surface area (Å²) in [4.78, 5) is 22.4. The van der Waals surface area contributed by atoms with Gasteiger partial charge in [0.25, 0.3) is 5.91 Å². The van der Waals surface area contributed by atoms with Crippen LogP contribution < -0.4 is 5.32 Å². The third-order valence-corrected chi connectivity index (χ3v) is 6.32. The summed E-state index contributed by atoms with van der Waals surface area (Å²) in [5.74, 6) is 0.776. The number of hydrogen-bond acceptors (Lipinski definition) is 5. The molecule has 1 N–H and O–H groups in total. The molecular weight excluding hydrogens is 430 g/mol. The molecule has 6 heteroatoms. The molecule has 0 bridgehead atoms. The molecule has 0 spiro atoms. The molecule has 1 amide bonds. The number of nitrogens with zero attached hydrogens (tertiary/aromatic N) is 2. The van der Waals surface area contributed by atoms with Gasteiger partial charge in [0.1, 0.15) is 0 Å². The van der Waals surface area contributed by atoms with Crippen molar-refractivity contribution in [3.05, 3.63) is 102 Å². The number of aliphatic imine (C=N–C) groups is 1. The lowest BCUT2D eigenvalue weighted by molar-refractivity contribution is 0.0950. The molecular formula is C27H25N3O2S. The summed E-state index contributed by atoms with van der Waals surface area (Å²) in [5.41, 5.74) is 6.33. The average molecular weight is 456 g/mol. The Hall–Kier alpha value is -3.48. The molecule has 0 aliphatic carbocycles. The van der Waals surface area contributed by atoms with Gasteiger partial charge in [-0.2, -0.15) is 0 Å². The number of aromatic nitrogens is 1. The van der Waals surface area contributed by atoms with Crippen LogP contribution in [-0.2, 0) is 17.9 Å². The fourth-order valence-corrected chi connectivity index (χ4v) is 4.52. The summed E-state index contributed by atoms with van der Waals surface area (Å²) >= 11 is 1.73. The van der Waals surface area contributed by atoms with Crippen molar-refractivity contribution in [3.63, 3.8) is 0 Å². The number of amides is 1. The predicted octanol–water partition coefficient (Wildman–Crippen LogP) is 5.53. The van der Waals surface area contributed by atoms with E-state index in [0.29, 0.717) is 18.7 Å². The number of thioether (sulfide) groups is 1. The lowest BCUT2D eigenvalue weighted by Gasteiger charge is -2.10. The third kappa shape index (κ3) is 5.66. The number of fused-ring (bicyclic) bond motifs is 1. The molecule has 1 aromatic heterocycles. The molecule has 5 nitrogen and oxygen atoms in total. The number of pyridine rings is 1. The Bertz CT molecular complexity index is 1220. The van der Waals surface area contributed by atoms with Crippen LogP contribution in [-0.4, -0.2) is 30.0 Å². The van der Waals surface area contributed by atoms with Gasteiger partial charge in [-0.05, 0) is 59.8 Å². The molecule has 0 radical (unpaired) electrons. The van der Waals surface area contributed by atoms with Gasteiger partial charge >= 0.3 is 0 Å². The maximum absolute atomic E-state index is 12.7. The van der Waals surface area contributed by atoms with Crippen LogP contribution in [0, 0.1) is 0 Å². The molecule has 33 heavy (non-hydrogen) atoms. The molecule has 0 atom stereocenters. The first-order chi connectivity index (χ1) is 16.2. The molecule has 0 saturated carbocycles. The molecule has 2 heterocycles. The normalized spacial score (nSPS) is 13.5. The number of carbonyl (C=O) groups is 1. The quantitative estimate of drug-likeness (QED) is 0.376. The van der Waals surface area contributed by atoms with Crippen LogP contribution in [0.5, 0.6) is 0 Å². The van der Waals surface area contributed by atoms with Gasteiger partial charge in [-0.1, -0.05) is 36.9 Å². The fourth-order valence-electron chi connectivity index (χ4n) is 3.58. The van der Waals surface area contributed by atoms with E-state index in [1.165, 1.54) is 0 Å². The monoisotopic (exact) mass is 455 g/mol. The van der Waals surface area contributed by atoms with Crippen molar-refractivity contribution in [2.24, 2.45) is 4.99 Å². The zero-order valence-electron chi connectivity index (χ0n) is 18.3. The van der Waals surface area contributed by atoms with Crippen LogP contribution >= 0.6 is 11.8 Å². The highest BCUT2D eigenvalue weighted by atomic mass is 32.2. The van der Waals surface area contributed by atoms with Gasteiger partial charge in [-0.3, -0.25) is 14.8 Å². The molecule has 3 aromatic rings. The van der Waals surface area contributed by atoms with Gasteiger partial charge in [0.05, 0.1) is 31.1 Å². The summed E-state index contributed by atoms with van der Waals surface area (Å²) in [7, 11) is 0. The Kier molecular flexibility index (Phi) is 7.50. The largest absolute Gasteiger partial charge is 0.376 e. The molecule has 0 saturated heterocycles. The minimum Gasteiger partial charge on any atom is -0.376 e. The highest BCUT2D eigenvalue weighted by Gasteiger charge is 2.13. The van der Waals surface area contributed by atoms with Gasteiger partial charge in [-0.25, -0.2) is 0 Å². The summed E-state index contributed by atoms with van der Waals surface area (Å²) in [6, 6.07) is 17.8. The van der Waals surface area contributed by atoms with Crippen LogP contribution in [0.1, 0.15) is 27.2 Å². The van der Waals surface area contributed by atoms with Gasteiger partial charge in [0, 0.05) is 28.0 Å². The molecule has 1 aliphatic heterocycles. The number of hydrogen-bond donors (Lipinski definition) is 1. The highest BCUT2D eigenvalue weighted by Crippen LogP contribution is 2.28. The summed E-state index contributed by atoms with van der Waals surface area (Å²) < 4.78 is 5.57. The van der Waals surface area contributed by atoms with E-state index in [1.54, 1.807) is 24.0 Å². The molecule has 1 aliphatic rings. The second-order valence-corrected chi connectivity index (χ2v) is 8.61. The van der Waals surface area contributed by atoms with E-state index in [0.717, 1.165) is 50.9 Å². The van der Waals surface area contributed by atoms with Crippen LogP contribution in [0.2, 0.25) is 0 Å². The molecule has 0 fully saturated rings. The average Bonchev–Trinajstić information content (AvgIpc) is 3.11. The van der Waals surface area contributed by atoms with Crippen molar-refractivity contribution in [2.45, 2.75) is 18.0 Å². The van der Waals surface area contributed by atoms with Crippen LogP contribution in [0.15, 0.2) is 89.4 Å². The Balaban J connectivity index is 1.47. The van der Waals surface area contributed by atoms with Crippen LogP contribution in [0.3, 0.4) is 0 Å². The molecule has 4 rings (SSSR count). The topological polar surface area (TPSA) is 63.6 Å². The minimum atomic E-state index is -0.117. The second-order valence-electron chi connectivity index (χ2n) is 7.47. The number of nitrogens with one attached hydrogen (secondary N) is 1. The first-order valence-corrected chi connectivity index (χ1v) is 11.6. The Labute approximate surface area is 198 Å². The molecule has 166 valence electrons. The van der Waals surface area contributed by atoms with E-state index in [9.17, 15) is 4.79 Å². The minimum absolute atomic E-state index is 0.117. The van der Waals surface area contributed by atoms with E-state index < -0.39 is 0 Å². The predicted molar refractivity (Wildman–Crippen MR) is 135 cm³/mol. The van der Waals surface area contributed by atoms with E-state index in [4.69, 9.17) is 4.74 Å². The van der Waals surface area contributed by atoms with E-state index in [2.05, 4.69) is 34.7 Å². The first-order valence-electron chi connectivity index (χ1n) is 10.6. The van der Waals surface area contributed by atoms with Gasteiger partial charge in [0.2, 0.25) is 0 Å². The number of carbonyl (C=O) groups excluding carboxylic acids is 1. The van der Waals surface area contributed by atoms with Crippen molar-refractivity contribution in [3.8, 4) is 11.1 Å². The van der Waals surface area contributed by atoms with Gasteiger partial charge in [-0.15, -0.1) is 11.8 Å². The standard InChI is InChI=1S/C27H25N3O2S/c1-3-5-25(28-2)21-7-4-6-19(14-21)20-10-11-29-24(15-20)17-30-27(31)22-8-9-23-18-32-12-13-33-26(23)16-22/h3-11,14-16H,1-2,12-13,17-18H2,(H,30,31)/b25-5-. The maximum Gasteiger partial charge on any atom is 0.251 e. The Morgan fingerprint density at radius 2 is 2.03 bits per heavy atom. The van der Waals surface area contributed by atoms with Crippen LogP contribution in [0.4, 0.5) is 0 Å². The SMILES string of the molecule is C=C/C=C(\N=C)c1cccc(-c2ccnc(CNC(=O)c3ccc4c(c3)SCCOC4)c2)c1. The van der Waals surface area contributed by atoms with E-state index >= 15 is 0 Å². The van der Waals surface area contributed by atoms with E-state index in [-0.39, 0.29) is 5.91 Å². The number of benzene rings is 2. The zero-order chi connectivity index (χ0) is 23.0. The van der Waals surface area contributed by atoms with Gasteiger partial charge < -0.3 is 10.1 Å². The summed E-state index contributed by atoms with van der Waals surface area (Å²) in [6.45, 7) is 9.04.